The molecule has 1 atom stereocenters. The molecule has 30 heavy (non-hydrogen) atoms. The molecule has 0 spiro atoms. The lowest BCUT2D eigenvalue weighted by Crippen LogP contribution is -2.18. The Balaban J connectivity index is 1.77. The van der Waals surface area contributed by atoms with Crippen LogP contribution in [0.3, 0.4) is 0 Å². The number of ether oxygens (including phenoxy) is 1. The number of carbonyl (C=O) groups is 1. The molecule has 3 aromatic rings. The Morgan fingerprint density at radius 3 is 2.70 bits per heavy atom. The van der Waals surface area contributed by atoms with E-state index in [1.165, 1.54) is 13.0 Å². The predicted molar refractivity (Wildman–Crippen MR) is 105 cm³/mol. The van der Waals surface area contributed by atoms with Gasteiger partial charge in [0.1, 0.15) is 11.6 Å². The van der Waals surface area contributed by atoms with Crippen LogP contribution in [-0.4, -0.2) is 20.5 Å². The minimum absolute atomic E-state index is 0.00277. The van der Waals surface area contributed by atoms with Crippen LogP contribution in [-0.2, 0) is 16.0 Å². The third-order valence-electron chi connectivity index (χ3n) is 4.99. The number of esters is 1. The van der Waals surface area contributed by atoms with Gasteiger partial charge in [-0.15, -0.1) is 0 Å². The molecule has 1 unspecified atom stereocenters. The molecule has 0 saturated heterocycles. The van der Waals surface area contributed by atoms with E-state index in [0.29, 0.717) is 22.3 Å². The van der Waals surface area contributed by atoms with Crippen molar-refractivity contribution in [2.75, 3.05) is 0 Å². The maximum atomic E-state index is 13.6. The fourth-order valence-electron chi connectivity index (χ4n) is 3.51. The number of benzene rings is 1. The first-order valence-corrected chi connectivity index (χ1v) is 9.31. The number of imidazole rings is 1. The van der Waals surface area contributed by atoms with Gasteiger partial charge < -0.3 is 9.72 Å². The van der Waals surface area contributed by atoms with Crippen LogP contribution < -0.4 is 5.56 Å². The second-order valence-electron chi connectivity index (χ2n) is 6.91. The topological polar surface area (TPSA) is 101 Å². The number of fused-ring (bicyclic) bond motifs is 1. The summed E-state index contributed by atoms with van der Waals surface area (Å²) >= 11 is 0. The number of rotatable bonds is 6. The summed E-state index contributed by atoms with van der Waals surface area (Å²) in [6.07, 6.45) is -0.788. The Morgan fingerprint density at radius 1 is 1.33 bits per heavy atom. The number of nitrogens with one attached hydrogen (secondary N) is 1. The van der Waals surface area contributed by atoms with Gasteiger partial charge in [0.05, 0.1) is 11.0 Å². The summed E-state index contributed by atoms with van der Waals surface area (Å²) in [4.78, 5) is 31.0. The zero-order valence-corrected chi connectivity index (χ0v) is 16.7. The highest BCUT2D eigenvalue weighted by molar-refractivity contribution is 5.76. The Labute approximate surface area is 170 Å². The highest BCUT2D eigenvalue weighted by atomic mass is 19.3. The number of aromatic nitrogens is 3. The standard InChI is InChI=1S/C21H20F2N4O3/c1-11-14(12(2)25-20(29)15(11)10-24)8-9-18(28)30-13(3)19-26-16-6-4-5-7-17(16)27(19)21(22)23/h4-7,13,21H,8-9H2,1-3H3,(H,25,29). The largest absolute Gasteiger partial charge is 0.454 e. The summed E-state index contributed by atoms with van der Waals surface area (Å²) < 4.78 is 33.3. The number of aromatic amines is 1. The van der Waals surface area contributed by atoms with Crippen LogP contribution >= 0.6 is 0 Å². The first kappa shape index (κ1) is 21.2. The molecule has 156 valence electrons. The van der Waals surface area contributed by atoms with E-state index in [-0.39, 0.29) is 29.7 Å². The van der Waals surface area contributed by atoms with Crippen LogP contribution in [0.1, 0.15) is 54.2 Å². The molecule has 0 amide bonds. The van der Waals surface area contributed by atoms with Crippen molar-refractivity contribution in [1.29, 1.82) is 5.26 Å². The molecule has 1 N–H and O–H groups in total. The number of H-pyrrole nitrogens is 1. The fourth-order valence-corrected chi connectivity index (χ4v) is 3.51. The lowest BCUT2D eigenvalue weighted by atomic mass is 9.99. The van der Waals surface area contributed by atoms with E-state index >= 15 is 0 Å². The molecule has 0 bridgehead atoms. The lowest BCUT2D eigenvalue weighted by molar-refractivity contribution is -0.149. The third kappa shape index (κ3) is 3.94. The van der Waals surface area contributed by atoms with Crippen molar-refractivity contribution < 1.29 is 18.3 Å². The molecular weight excluding hydrogens is 394 g/mol. The van der Waals surface area contributed by atoms with Crippen LogP contribution in [0.15, 0.2) is 29.1 Å². The Hall–Kier alpha value is -3.54. The minimum Gasteiger partial charge on any atom is -0.454 e. The maximum Gasteiger partial charge on any atom is 0.320 e. The normalized spacial score (nSPS) is 12.2. The van der Waals surface area contributed by atoms with Crippen LogP contribution in [0.2, 0.25) is 0 Å². The number of aryl methyl sites for hydroxylation is 1. The molecule has 2 heterocycles. The van der Waals surface area contributed by atoms with Crippen LogP contribution in [0.4, 0.5) is 8.78 Å². The number of hydrogen-bond donors (Lipinski definition) is 1. The number of para-hydroxylation sites is 2. The van der Waals surface area contributed by atoms with E-state index in [1.807, 2.05) is 6.07 Å². The molecule has 0 aliphatic heterocycles. The third-order valence-corrected chi connectivity index (χ3v) is 4.99. The number of halogens is 2. The van der Waals surface area contributed by atoms with Gasteiger partial charge in [0, 0.05) is 12.1 Å². The Bertz CT molecular complexity index is 1210. The molecule has 0 aliphatic carbocycles. The SMILES string of the molecule is Cc1[nH]c(=O)c(C#N)c(C)c1CCC(=O)OC(C)c1nc2ccccc2n1C(F)F. The van der Waals surface area contributed by atoms with Crippen molar-refractivity contribution in [3.63, 3.8) is 0 Å². The monoisotopic (exact) mass is 414 g/mol. The van der Waals surface area contributed by atoms with Crippen LogP contribution in [0.5, 0.6) is 0 Å². The average Bonchev–Trinajstić information content (AvgIpc) is 3.07. The minimum atomic E-state index is -2.83. The molecule has 3 rings (SSSR count). The van der Waals surface area contributed by atoms with Gasteiger partial charge in [-0.2, -0.15) is 14.0 Å². The van der Waals surface area contributed by atoms with Crippen molar-refractivity contribution in [3.8, 4) is 6.07 Å². The van der Waals surface area contributed by atoms with E-state index < -0.39 is 24.2 Å². The lowest BCUT2D eigenvalue weighted by Gasteiger charge is -2.16. The number of alkyl halides is 2. The molecule has 1 aromatic carbocycles. The second-order valence-corrected chi connectivity index (χ2v) is 6.91. The zero-order chi connectivity index (χ0) is 22.0. The van der Waals surface area contributed by atoms with Gasteiger partial charge >= 0.3 is 12.5 Å². The first-order chi connectivity index (χ1) is 14.2. The molecular formula is C21H20F2N4O3. The predicted octanol–water partition coefficient (Wildman–Crippen LogP) is 3.85. The molecule has 9 heteroatoms. The van der Waals surface area contributed by atoms with Crippen molar-refractivity contribution in [2.45, 2.75) is 46.3 Å². The fraction of sp³-hybridized carbons (Fsp3) is 0.333. The number of pyridine rings is 1. The van der Waals surface area contributed by atoms with Gasteiger partial charge in [-0.05, 0) is 50.5 Å². The smallest absolute Gasteiger partial charge is 0.320 e. The molecule has 0 fully saturated rings. The van der Waals surface area contributed by atoms with E-state index in [0.717, 1.165) is 4.57 Å². The van der Waals surface area contributed by atoms with E-state index in [2.05, 4.69) is 9.97 Å². The molecule has 0 saturated carbocycles. The van der Waals surface area contributed by atoms with Gasteiger partial charge in [-0.25, -0.2) is 4.98 Å². The van der Waals surface area contributed by atoms with Gasteiger partial charge in [0.15, 0.2) is 11.9 Å². The number of nitrogens with zero attached hydrogens (tertiary/aromatic N) is 3. The van der Waals surface area contributed by atoms with Crippen LogP contribution in [0.25, 0.3) is 11.0 Å². The van der Waals surface area contributed by atoms with Gasteiger partial charge in [-0.3, -0.25) is 14.2 Å². The van der Waals surface area contributed by atoms with E-state index in [1.54, 1.807) is 32.0 Å². The van der Waals surface area contributed by atoms with Crippen molar-refractivity contribution in [2.24, 2.45) is 0 Å². The Kier molecular flexibility index (Phi) is 5.96. The summed E-state index contributed by atoms with van der Waals surface area (Å²) in [6, 6.07) is 8.32. The highest BCUT2D eigenvalue weighted by Gasteiger charge is 2.24. The quantitative estimate of drug-likeness (QED) is 0.618. The summed E-state index contributed by atoms with van der Waals surface area (Å²) in [7, 11) is 0. The molecule has 0 aliphatic rings. The average molecular weight is 414 g/mol. The number of carbonyl (C=O) groups excluding carboxylic acids is 1. The molecule has 0 radical (unpaired) electrons. The summed E-state index contributed by atoms with van der Waals surface area (Å²) in [6.45, 7) is 1.99. The van der Waals surface area contributed by atoms with Crippen molar-refractivity contribution in [1.82, 2.24) is 14.5 Å². The maximum absolute atomic E-state index is 13.6. The summed E-state index contributed by atoms with van der Waals surface area (Å²) in [5.74, 6) is -0.637. The highest BCUT2D eigenvalue weighted by Crippen LogP contribution is 2.28. The number of hydrogen-bond acceptors (Lipinski definition) is 5. The van der Waals surface area contributed by atoms with Gasteiger partial charge in [-0.1, -0.05) is 12.1 Å². The Morgan fingerprint density at radius 2 is 2.03 bits per heavy atom. The summed E-state index contributed by atoms with van der Waals surface area (Å²) in [5.41, 5.74) is 1.93. The van der Waals surface area contributed by atoms with Gasteiger partial charge in [0.2, 0.25) is 0 Å². The zero-order valence-electron chi connectivity index (χ0n) is 16.7. The molecule has 2 aromatic heterocycles. The van der Waals surface area contributed by atoms with Gasteiger partial charge in [0.25, 0.3) is 5.56 Å². The first-order valence-electron chi connectivity index (χ1n) is 9.31. The van der Waals surface area contributed by atoms with Crippen molar-refractivity contribution in [3.05, 3.63) is 62.8 Å². The van der Waals surface area contributed by atoms with E-state index in [9.17, 15) is 18.4 Å². The summed E-state index contributed by atoms with van der Waals surface area (Å²) in [5, 5.41) is 9.14. The number of nitriles is 1. The van der Waals surface area contributed by atoms with Crippen LogP contribution in [0, 0.1) is 25.2 Å². The van der Waals surface area contributed by atoms with Crippen molar-refractivity contribution >= 4 is 17.0 Å². The van der Waals surface area contributed by atoms with E-state index in [4.69, 9.17) is 10.00 Å². The second kappa shape index (κ2) is 8.45. The molecule has 7 nitrogen and oxygen atoms in total.